The number of nitrogens with one attached hydrogen (secondary N) is 1. The van der Waals surface area contributed by atoms with Gasteiger partial charge in [-0.3, -0.25) is 0 Å². The maximum atomic E-state index is 9.96. The van der Waals surface area contributed by atoms with E-state index in [0.29, 0.717) is 6.42 Å². The van der Waals surface area contributed by atoms with E-state index < -0.39 is 0 Å². The summed E-state index contributed by atoms with van der Waals surface area (Å²) in [5.41, 5.74) is 0. The summed E-state index contributed by atoms with van der Waals surface area (Å²) in [4.78, 5) is 9.96. The van der Waals surface area contributed by atoms with Gasteiger partial charge in [0.05, 0.1) is 0 Å². The van der Waals surface area contributed by atoms with Crippen LogP contribution in [0, 0.1) is 0 Å². The van der Waals surface area contributed by atoms with Gasteiger partial charge >= 0.3 is 0 Å². The molecule has 0 spiro atoms. The Labute approximate surface area is 70.6 Å². The number of H-pyrrole nitrogens is 1. The molecule has 12 heavy (non-hydrogen) atoms. The molecule has 66 valence electrons. The first-order valence-corrected chi connectivity index (χ1v) is 4.09. The number of carbonyl (C=O) groups excluding carboxylic acids is 1. The summed E-state index contributed by atoms with van der Waals surface area (Å²) in [7, 11) is 0. The Hall–Kier alpha value is -1.26. The van der Waals surface area contributed by atoms with Crippen molar-refractivity contribution in [2.75, 3.05) is 0 Å². The van der Waals surface area contributed by atoms with Crippen molar-refractivity contribution < 1.29 is 4.79 Å². The van der Waals surface area contributed by atoms with Gasteiger partial charge in [-0.2, -0.15) is 5.21 Å². The van der Waals surface area contributed by atoms with Crippen LogP contribution in [0.1, 0.15) is 31.5 Å². The van der Waals surface area contributed by atoms with Crippen LogP contribution in [-0.2, 0) is 11.2 Å². The first-order valence-electron chi connectivity index (χ1n) is 4.09. The number of nitrogens with zero attached hydrogens (tertiary/aromatic N) is 3. The summed E-state index contributed by atoms with van der Waals surface area (Å²) in [6.45, 7) is 0. The van der Waals surface area contributed by atoms with Crippen molar-refractivity contribution in [2.45, 2.75) is 32.1 Å². The van der Waals surface area contributed by atoms with Gasteiger partial charge in [-0.25, -0.2) is 0 Å². The summed E-state index contributed by atoms with van der Waals surface area (Å²) >= 11 is 0. The number of unbranched alkanes of at least 4 members (excludes halogenated alkanes) is 3. The van der Waals surface area contributed by atoms with E-state index in [4.69, 9.17) is 0 Å². The van der Waals surface area contributed by atoms with Gasteiger partial charge in [-0.15, -0.1) is 10.2 Å². The highest BCUT2D eigenvalue weighted by Gasteiger charge is 1.96. The normalized spacial score (nSPS) is 10.0. The average Bonchev–Trinajstić information content (AvgIpc) is 2.57. The molecule has 1 heterocycles. The van der Waals surface area contributed by atoms with Crippen molar-refractivity contribution >= 4 is 6.29 Å². The lowest BCUT2D eigenvalue weighted by atomic mass is 10.1. The molecule has 1 rings (SSSR count). The Balaban J connectivity index is 2.00. The third kappa shape index (κ3) is 3.23. The molecule has 0 aliphatic rings. The number of aromatic amines is 1. The zero-order valence-corrected chi connectivity index (χ0v) is 6.86. The highest BCUT2D eigenvalue weighted by atomic mass is 16.1. The van der Waals surface area contributed by atoms with Gasteiger partial charge in [-0.05, 0) is 12.8 Å². The van der Waals surface area contributed by atoms with E-state index in [0.717, 1.165) is 37.8 Å². The summed E-state index contributed by atoms with van der Waals surface area (Å²) in [6, 6.07) is 0. The van der Waals surface area contributed by atoms with Crippen molar-refractivity contribution in [3.05, 3.63) is 5.82 Å². The fraction of sp³-hybridized carbons (Fsp3) is 0.714. The molecule has 0 aliphatic carbocycles. The minimum Gasteiger partial charge on any atom is -0.303 e. The smallest absolute Gasteiger partial charge is 0.174 e. The van der Waals surface area contributed by atoms with Crippen LogP contribution in [0.3, 0.4) is 0 Å². The van der Waals surface area contributed by atoms with Crippen LogP contribution >= 0.6 is 0 Å². The summed E-state index contributed by atoms with van der Waals surface area (Å²) in [5, 5.41) is 13.5. The Morgan fingerprint density at radius 3 is 2.92 bits per heavy atom. The standard InChI is InChI=1S/C7H12N4O/c12-6-4-2-1-3-5-7-8-10-11-9-7/h6H,1-5H2,(H,8,9,10,11). The molecule has 0 fully saturated rings. The molecule has 0 amide bonds. The monoisotopic (exact) mass is 168 g/mol. The predicted molar refractivity (Wildman–Crippen MR) is 42.4 cm³/mol. The second-order valence-electron chi connectivity index (χ2n) is 2.59. The lowest BCUT2D eigenvalue weighted by molar-refractivity contribution is -0.107. The average molecular weight is 168 g/mol. The number of hydrogen-bond acceptors (Lipinski definition) is 4. The molecule has 1 aromatic heterocycles. The fourth-order valence-electron chi connectivity index (χ4n) is 0.976. The van der Waals surface area contributed by atoms with Crippen molar-refractivity contribution in [2.24, 2.45) is 0 Å². The third-order valence-corrected chi connectivity index (χ3v) is 1.61. The van der Waals surface area contributed by atoms with Gasteiger partial charge in [-0.1, -0.05) is 11.6 Å². The third-order valence-electron chi connectivity index (χ3n) is 1.61. The van der Waals surface area contributed by atoms with Crippen molar-refractivity contribution in [1.82, 2.24) is 20.6 Å². The Bertz CT molecular complexity index is 209. The van der Waals surface area contributed by atoms with Crippen molar-refractivity contribution in [3.8, 4) is 0 Å². The number of carbonyl (C=O) groups is 1. The molecule has 0 saturated carbocycles. The molecule has 1 N–H and O–H groups in total. The molecule has 0 bridgehead atoms. The first kappa shape index (κ1) is 8.83. The number of hydrogen-bond donors (Lipinski definition) is 1. The molecule has 0 unspecified atom stereocenters. The molecule has 0 atom stereocenters. The van der Waals surface area contributed by atoms with Crippen molar-refractivity contribution in [1.29, 1.82) is 0 Å². The molecule has 0 aliphatic heterocycles. The minimum atomic E-state index is 0.659. The zero-order chi connectivity index (χ0) is 8.65. The van der Waals surface area contributed by atoms with Crippen LogP contribution < -0.4 is 0 Å². The highest BCUT2D eigenvalue weighted by Crippen LogP contribution is 2.01. The Morgan fingerprint density at radius 2 is 2.25 bits per heavy atom. The highest BCUT2D eigenvalue weighted by molar-refractivity contribution is 5.48. The number of aryl methyl sites for hydroxylation is 1. The van der Waals surface area contributed by atoms with Gasteiger partial charge in [0.15, 0.2) is 5.82 Å². The van der Waals surface area contributed by atoms with Crippen molar-refractivity contribution in [3.63, 3.8) is 0 Å². The van der Waals surface area contributed by atoms with Crippen LogP contribution in [-0.4, -0.2) is 26.9 Å². The Morgan fingerprint density at radius 1 is 1.33 bits per heavy atom. The lowest BCUT2D eigenvalue weighted by Gasteiger charge is -1.93. The van der Waals surface area contributed by atoms with E-state index in [1.165, 1.54) is 0 Å². The summed E-state index contributed by atoms with van der Waals surface area (Å²) < 4.78 is 0. The summed E-state index contributed by atoms with van der Waals surface area (Å²) in [5.74, 6) is 0.751. The SMILES string of the molecule is O=CCCCCCc1nn[nH]n1. The van der Waals surface area contributed by atoms with E-state index >= 15 is 0 Å². The predicted octanol–water partition coefficient (Wildman–Crippen LogP) is 0.501. The topological polar surface area (TPSA) is 71.5 Å². The number of aldehydes is 1. The number of tetrazole rings is 1. The molecule has 1 aromatic rings. The number of aromatic nitrogens is 4. The fourth-order valence-corrected chi connectivity index (χ4v) is 0.976. The van der Waals surface area contributed by atoms with Crippen LogP contribution in [0.4, 0.5) is 0 Å². The van der Waals surface area contributed by atoms with Gasteiger partial charge < -0.3 is 4.79 Å². The van der Waals surface area contributed by atoms with Crippen LogP contribution in [0.2, 0.25) is 0 Å². The quantitative estimate of drug-likeness (QED) is 0.496. The molecular weight excluding hydrogens is 156 g/mol. The van der Waals surface area contributed by atoms with Gasteiger partial charge in [0.2, 0.25) is 0 Å². The van der Waals surface area contributed by atoms with E-state index in [2.05, 4.69) is 20.6 Å². The zero-order valence-electron chi connectivity index (χ0n) is 6.86. The second kappa shape index (κ2) is 5.40. The maximum Gasteiger partial charge on any atom is 0.174 e. The van der Waals surface area contributed by atoms with Crippen LogP contribution in [0.25, 0.3) is 0 Å². The van der Waals surface area contributed by atoms with Gasteiger partial charge in [0.1, 0.15) is 6.29 Å². The largest absolute Gasteiger partial charge is 0.303 e. The van der Waals surface area contributed by atoms with Crippen LogP contribution in [0.15, 0.2) is 0 Å². The number of rotatable bonds is 6. The molecule has 0 aromatic carbocycles. The lowest BCUT2D eigenvalue weighted by Crippen LogP contribution is -1.89. The van der Waals surface area contributed by atoms with Crippen LogP contribution in [0.5, 0.6) is 0 Å². The van der Waals surface area contributed by atoms with E-state index in [1.807, 2.05) is 0 Å². The molecule has 0 saturated heterocycles. The molecule has 0 radical (unpaired) electrons. The molecule has 5 nitrogen and oxygen atoms in total. The maximum absolute atomic E-state index is 9.96. The van der Waals surface area contributed by atoms with Gasteiger partial charge in [0.25, 0.3) is 0 Å². The molecule has 5 heteroatoms. The first-order chi connectivity index (χ1) is 5.93. The Kier molecular flexibility index (Phi) is 3.97. The van der Waals surface area contributed by atoms with Gasteiger partial charge in [0, 0.05) is 12.8 Å². The van der Waals surface area contributed by atoms with E-state index in [-0.39, 0.29) is 0 Å². The molecular formula is C7H12N4O. The second-order valence-corrected chi connectivity index (χ2v) is 2.59. The minimum absolute atomic E-state index is 0.659. The van der Waals surface area contributed by atoms with E-state index in [9.17, 15) is 4.79 Å². The summed E-state index contributed by atoms with van der Waals surface area (Å²) in [6.07, 6.45) is 5.48. The van der Waals surface area contributed by atoms with E-state index in [1.54, 1.807) is 0 Å².